The van der Waals surface area contributed by atoms with Gasteiger partial charge in [-0.25, -0.2) is 0 Å². The van der Waals surface area contributed by atoms with Gasteiger partial charge in [0.2, 0.25) is 0 Å². The van der Waals surface area contributed by atoms with E-state index in [-0.39, 0.29) is 53.3 Å². The molecule has 25 heavy (non-hydrogen) atoms. The fraction of sp³-hybridized carbons (Fsp3) is 0.444. The first-order valence-electron chi connectivity index (χ1n) is 7.95. The number of carbonyl (C=O) groups is 3. The van der Waals surface area contributed by atoms with Gasteiger partial charge in [0.25, 0.3) is 0 Å². The van der Waals surface area contributed by atoms with E-state index >= 15 is 0 Å². The molecule has 1 aliphatic rings. The van der Waals surface area contributed by atoms with Gasteiger partial charge in [-0.15, -0.1) is 0 Å². The van der Waals surface area contributed by atoms with Crippen LogP contribution in [0.2, 0.25) is 5.02 Å². The Labute approximate surface area is 152 Å². The van der Waals surface area contributed by atoms with Crippen molar-refractivity contribution < 1.29 is 23.3 Å². The Morgan fingerprint density at radius 2 is 1.88 bits per heavy atom. The molecule has 136 valence electrons. The lowest BCUT2D eigenvalue weighted by atomic mass is 9.77. The van der Waals surface area contributed by atoms with Crippen LogP contribution in [-0.2, 0) is 19.1 Å². The third-order valence-electron chi connectivity index (χ3n) is 4.09. The normalized spacial score (nSPS) is 23.2. The number of ether oxygens (including phenoxy) is 1. The Morgan fingerprint density at radius 1 is 1.32 bits per heavy atom. The number of halogens is 1. The lowest BCUT2D eigenvalue weighted by Crippen LogP contribution is -2.38. The van der Waals surface area contributed by atoms with Crippen LogP contribution in [-0.4, -0.2) is 40.3 Å². The Bertz CT molecular complexity index is 823. The molecule has 0 spiro atoms. The Morgan fingerprint density at radius 3 is 2.36 bits per heavy atom. The molecule has 7 heteroatoms. The lowest BCUT2D eigenvalue weighted by Gasteiger charge is -2.23. The van der Waals surface area contributed by atoms with Crippen LogP contribution in [0.1, 0.15) is 37.0 Å². The number of hydrogen-bond donors (Lipinski definition) is 0. The van der Waals surface area contributed by atoms with Crippen molar-refractivity contribution in [2.24, 2.45) is 11.8 Å². The van der Waals surface area contributed by atoms with Gasteiger partial charge in [-0.05, 0) is 40.4 Å². The van der Waals surface area contributed by atoms with Crippen molar-refractivity contribution in [2.45, 2.75) is 31.6 Å². The first-order chi connectivity index (χ1) is 11.6. The fourth-order valence-electron chi connectivity index (χ4n) is 2.97. The van der Waals surface area contributed by atoms with Crippen LogP contribution in [0.25, 0.3) is 0 Å². The van der Waals surface area contributed by atoms with Crippen molar-refractivity contribution in [3.05, 3.63) is 22.7 Å². The minimum Gasteiger partial charge on any atom is -0.491 e. The van der Waals surface area contributed by atoms with Crippen molar-refractivity contribution in [1.29, 1.82) is 0 Å². The van der Waals surface area contributed by atoms with E-state index in [1.807, 2.05) is 0 Å². The lowest BCUT2D eigenvalue weighted by molar-refractivity contribution is -0.134. The predicted molar refractivity (Wildman–Crippen MR) is 98.3 cm³/mol. The van der Waals surface area contributed by atoms with E-state index in [0.717, 1.165) is 0 Å². The fourth-order valence-corrected chi connectivity index (χ4v) is 4.25. The second kappa shape index (κ2) is 7.30. The van der Waals surface area contributed by atoms with Crippen LogP contribution in [0.15, 0.2) is 17.0 Å². The highest BCUT2D eigenvalue weighted by molar-refractivity contribution is 7.99. The minimum atomic E-state index is -2.63. The predicted octanol–water partition coefficient (Wildman–Crippen LogP) is 2.81. The van der Waals surface area contributed by atoms with E-state index in [4.69, 9.17) is 16.3 Å². The number of ketones is 3. The van der Waals surface area contributed by atoms with Crippen molar-refractivity contribution in [2.75, 3.05) is 12.9 Å². The third-order valence-corrected chi connectivity index (χ3v) is 5.71. The average molecular weight is 385 g/mol. The zero-order chi connectivity index (χ0) is 18.9. The van der Waals surface area contributed by atoms with Gasteiger partial charge in [-0.3, -0.25) is 18.6 Å². The van der Waals surface area contributed by atoms with E-state index in [1.165, 1.54) is 18.4 Å². The molecule has 0 amide bonds. The summed E-state index contributed by atoms with van der Waals surface area (Å²) in [5, 5.41) is -0.0400. The first kappa shape index (κ1) is 19.7. The molecule has 0 radical (unpaired) electrons. The molecule has 1 unspecified atom stereocenters. The van der Waals surface area contributed by atoms with E-state index < -0.39 is 21.2 Å². The van der Waals surface area contributed by atoms with Crippen LogP contribution in [0.4, 0.5) is 0 Å². The van der Waals surface area contributed by atoms with Gasteiger partial charge in [-0.1, -0.05) is 18.5 Å². The number of benzene rings is 1. The molecule has 1 aromatic rings. The molecule has 0 saturated heterocycles. The van der Waals surface area contributed by atoms with Crippen molar-refractivity contribution in [1.82, 2.24) is 0 Å². The molecular weight excluding hydrogens is 364 g/mol. The van der Waals surface area contributed by atoms with E-state index in [1.54, 1.807) is 13.8 Å². The second-order valence-electron chi connectivity index (χ2n) is 6.44. The zero-order valence-electron chi connectivity index (χ0n) is 14.5. The Kier molecular flexibility index (Phi) is 5.74. The molecule has 1 atom stereocenters. The van der Waals surface area contributed by atoms with Crippen LogP contribution < -0.4 is 4.74 Å². The Hall–Kier alpha value is -1.66. The maximum atomic E-state index is 12.8. The number of carbonyl (C=O) groups excluding carboxylic acids is 3. The SMILES string of the molecule is C=S(C)(=O)c1ccc(C(=O)C2C(=O)CC(C)CC2=O)c(Cl)c1OCC. The van der Waals surface area contributed by atoms with Crippen molar-refractivity contribution in [3.63, 3.8) is 0 Å². The maximum absolute atomic E-state index is 12.8. The summed E-state index contributed by atoms with van der Waals surface area (Å²) in [6.45, 7) is 3.78. The number of Topliss-reactive ketones (excluding diaryl/α,β-unsaturated/α-hetero) is 3. The number of rotatable bonds is 5. The molecule has 1 saturated carbocycles. The zero-order valence-corrected chi connectivity index (χ0v) is 16.0. The average Bonchev–Trinajstić information content (AvgIpc) is 2.46. The molecule has 2 rings (SSSR count). The standard InChI is InChI=1S/C18H21ClO5S/c1-5-24-18-14(25(3,4)23)7-6-11(16(18)19)17(22)15-12(20)8-10(2)9-13(15)21/h6-7,10,15H,3,5,8-9H2,1-2,4H3. The molecule has 0 N–H and O–H groups in total. The largest absolute Gasteiger partial charge is 0.491 e. The van der Waals surface area contributed by atoms with Crippen LogP contribution in [0.3, 0.4) is 0 Å². The third kappa shape index (κ3) is 3.96. The van der Waals surface area contributed by atoms with Gasteiger partial charge in [0.1, 0.15) is 5.92 Å². The second-order valence-corrected chi connectivity index (χ2v) is 9.26. The summed E-state index contributed by atoms with van der Waals surface area (Å²) in [7, 11) is -2.63. The molecule has 0 aromatic heterocycles. The van der Waals surface area contributed by atoms with Gasteiger partial charge >= 0.3 is 0 Å². The summed E-state index contributed by atoms with van der Waals surface area (Å²) >= 11 is 6.32. The highest BCUT2D eigenvalue weighted by atomic mass is 35.5. The van der Waals surface area contributed by atoms with Crippen molar-refractivity contribution >= 4 is 44.3 Å². The van der Waals surface area contributed by atoms with Crippen molar-refractivity contribution in [3.8, 4) is 5.75 Å². The number of hydrogen-bond acceptors (Lipinski definition) is 5. The summed E-state index contributed by atoms with van der Waals surface area (Å²) < 4.78 is 17.8. The van der Waals surface area contributed by atoms with Crippen LogP contribution >= 0.6 is 11.6 Å². The summed E-state index contributed by atoms with van der Waals surface area (Å²) in [6, 6.07) is 2.84. The minimum absolute atomic E-state index is 0.0266. The Balaban J connectivity index is 2.53. The van der Waals surface area contributed by atoms with E-state index in [2.05, 4.69) is 5.87 Å². The molecular formula is C18H21ClO5S. The molecule has 1 aliphatic carbocycles. The smallest absolute Gasteiger partial charge is 0.182 e. The summed E-state index contributed by atoms with van der Waals surface area (Å²) in [5.41, 5.74) is 0.0266. The quantitative estimate of drug-likeness (QED) is 0.443. The highest BCUT2D eigenvalue weighted by Crippen LogP contribution is 2.37. The van der Waals surface area contributed by atoms with Gasteiger partial charge in [0.05, 0.1) is 16.5 Å². The highest BCUT2D eigenvalue weighted by Gasteiger charge is 2.40. The van der Waals surface area contributed by atoms with E-state index in [9.17, 15) is 18.6 Å². The summed E-state index contributed by atoms with van der Waals surface area (Å²) in [5.74, 6) is 0.947. The van der Waals surface area contributed by atoms with Crippen LogP contribution in [0, 0.1) is 11.8 Å². The molecule has 5 nitrogen and oxygen atoms in total. The van der Waals surface area contributed by atoms with Crippen LogP contribution in [0.5, 0.6) is 5.75 Å². The first-order valence-corrected chi connectivity index (χ1v) is 10.5. The molecule has 0 bridgehead atoms. The maximum Gasteiger partial charge on any atom is 0.182 e. The van der Waals surface area contributed by atoms with Gasteiger partial charge in [-0.2, -0.15) is 0 Å². The van der Waals surface area contributed by atoms with Gasteiger partial charge < -0.3 is 4.74 Å². The molecule has 1 fully saturated rings. The molecule has 0 aliphatic heterocycles. The van der Waals surface area contributed by atoms with Gasteiger partial charge in [0, 0.05) is 24.7 Å². The van der Waals surface area contributed by atoms with Gasteiger partial charge in [0.15, 0.2) is 23.1 Å². The van der Waals surface area contributed by atoms with E-state index in [0.29, 0.717) is 4.90 Å². The molecule has 1 aromatic carbocycles. The molecule has 0 heterocycles. The topological polar surface area (TPSA) is 77.5 Å². The monoisotopic (exact) mass is 384 g/mol. The summed E-state index contributed by atoms with van der Waals surface area (Å²) in [6.07, 6.45) is 1.83. The summed E-state index contributed by atoms with van der Waals surface area (Å²) in [4.78, 5) is 37.5.